The lowest BCUT2D eigenvalue weighted by Crippen LogP contribution is -2.36. The minimum absolute atomic E-state index is 0.00708. The molecule has 2 nitrogen and oxygen atoms in total. The lowest BCUT2D eigenvalue weighted by Gasteiger charge is -2.20. The third-order valence-electron chi connectivity index (χ3n) is 3.94. The number of halogens is 1. The molecule has 0 radical (unpaired) electrons. The van der Waals surface area contributed by atoms with Gasteiger partial charge in [0.05, 0.1) is 5.69 Å². The smallest absolute Gasteiger partial charge is 0.267 e. The zero-order chi connectivity index (χ0) is 17.2. The van der Waals surface area contributed by atoms with Crippen molar-refractivity contribution < 1.29 is 4.79 Å². The van der Waals surface area contributed by atoms with Crippen LogP contribution in [0.5, 0.6) is 0 Å². The van der Waals surface area contributed by atoms with Gasteiger partial charge in [-0.25, -0.2) is 0 Å². The van der Waals surface area contributed by atoms with Crippen LogP contribution >= 0.6 is 22.5 Å². The quantitative estimate of drug-likeness (QED) is 0.611. The number of hydrogen-bond donors (Lipinski definition) is 0. The molecule has 25 heavy (non-hydrogen) atoms. The Balaban J connectivity index is 1.89. The van der Waals surface area contributed by atoms with Crippen LogP contribution in [0.15, 0.2) is 84.9 Å². The first-order valence-corrected chi connectivity index (χ1v) is 9.06. The molecular formula is C21H14ClNOS. The molecule has 0 aliphatic carbocycles. The van der Waals surface area contributed by atoms with Crippen LogP contribution in [-0.4, -0.2) is 15.8 Å². The molecule has 0 spiro atoms. The van der Waals surface area contributed by atoms with Crippen molar-refractivity contribution in [3.05, 3.63) is 101 Å². The van der Waals surface area contributed by atoms with E-state index in [4.69, 9.17) is 11.6 Å². The van der Waals surface area contributed by atoms with Crippen molar-refractivity contribution in [3.8, 4) is 0 Å². The minimum Gasteiger partial charge on any atom is -0.267 e. The second-order valence-electron chi connectivity index (χ2n) is 5.59. The summed E-state index contributed by atoms with van der Waals surface area (Å²) in [6.45, 7) is 0. The van der Waals surface area contributed by atoms with Crippen molar-refractivity contribution in [2.75, 3.05) is 4.90 Å². The van der Waals surface area contributed by atoms with E-state index in [1.807, 2.05) is 84.9 Å². The van der Waals surface area contributed by atoms with Gasteiger partial charge in [-0.3, -0.25) is 9.69 Å². The predicted octanol–water partition coefficient (Wildman–Crippen LogP) is 4.82. The van der Waals surface area contributed by atoms with Crippen LogP contribution in [0.1, 0.15) is 11.1 Å². The summed E-state index contributed by atoms with van der Waals surface area (Å²) < 4.78 is 0. The Labute approximate surface area is 154 Å². The van der Waals surface area contributed by atoms with Crippen LogP contribution in [-0.2, 0) is 4.79 Å². The van der Waals surface area contributed by atoms with E-state index in [9.17, 15) is 4.79 Å². The summed E-state index contributed by atoms with van der Waals surface area (Å²) in [5, 5.41) is 0.678. The van der Waals surface area contributed by atoms with Crippen molar-refractivity contribution in [2.24, 2.45) is 0 Å². The number of rotatable bonds is 3. The molecule has 0 saturated carbocycles. The van der Waals surface area contributed by atoms with Gasteiger partial charge in [0.15, 0.2) is 0 Å². The summed E-state index contributed by atoms with van der Waals surface area (Å²) >= 11 is 6.02. The van der Waals surface area contributed by atoms with Crippen LogP contribution in [0.25, 0.3) is 0 Å². The molecule has 4 heteroatoms. The molecular weight excluding hydrogens is 350 g/mol. The van der Waals surface area contributed by atoms with Crippen molar-refractivity contribution in [3.63, 3.8) is 0 Å². The number of anilines is 1. The Morgan fingerprint density at radius 1 is 0.720 bits per heavy atom. The largest absolute Gasteiger partial charge is 0.274 e. The highest BCUT2D eigenvalue weighted by Gasteiger charge is 2.30. The van der Waals surface area contributed by atoms with E-state index in [2.05, 4.69) is 0 Å². The molecule has 0 fully saturated rings. The van der Waals surface area contributed by atoms with Gasteiger partial charge in [-0.05, 0) is 29.8 Å². The van der Waals surface area contributed by atoms with Crippen LogP contribution < -0.4 is 4.90 Å². The van der Waals surface area contributed by atoms with Crippen LogP contribution in [0, 0.1) is 0 Å². The second kappa shape index (κ2) is 6.71. The SMILES string of the molecule is O=C1C(c2ccccc2)=S=C(c2ccc(Cl)cc2)N1c1ccccc1. The minimum atomic E-state index is -0.00708. The van der Waals surface area contributed by atoms with Gasteiger partial charge >= 0.3 is 0 Å². The Morgan fingerprint density at radius 2 is 1.32 bits per heavy atom. The summed E-state index contributed by atoms with van der Waals surface area (Å²) in [6.07, 6.45) is 0. The second-order valence-corrected chi connectivity index (χ2v) is 7.02. The lowest BCUT2D eigenvalue weighted by molar-refractivity contribution is -0.111. The molecule has 0 bridgehead atoms. The maximum absolute atomic E-state index is 13.2. The van der Waals surface area contributed by atoms with Crippen LogP contribution in [0.3, 0.4) is 0 Å². The summed E-state index contributed by atoms with van der Waals surface area (Å²) in [5.74, 6) is -0.00708. The lowest BCUT2D eigenvalue weighted by atomic mass is 10.1. The van der Waals surface area contributed by atoms with Crippen LogP contribution in [0.4, 0.5) is 5.69 Å². The van der Waals surface area contributed by atoms with Crippen molar-refractivity contribution in [2.45, 2.75) is 0 Å². The van der Waals surface area contributed by atoms with E-state index in [0.29, 0.717) is 5.02 Å². The number of carbonyl (C=O) groups excluding carboxylic acids is 1. The first kappa shape index (κ1) is 15.9. The van der Waals surface area contributed by atoms with Crippen molar-refractivity contribution in [1.82, 2.24) is 0 Å². The van der Waals surface area contributed by atoms with E-state index >= 15 is 0 Å². The molecule has 1 heterocycles. The molecule has 4 rings (SSSR count). The number of amides is 1. The average Bonchev–Trinajstić information content (AvgIpc) is 3.01. The first-order valence-electron chi connectivity index (χ1n) is 7.86. The number of nitrogens with zero attached hydrogens (tertiary/aromatic N) is 1. The van der Waals surface area contributed by atoms with Crippen molar-refractivity contribution in [1.29, 1.82) is 0 Å². The van der Waals surface area contributed by atoms with Gasteiger partial charge in [-0.1, -0.05) is 72.3 Å². The van der Waals surface area contributed by atoms with E-state index < -0.39 is 0 Å². The summed E-state index contributed by atoms with van der Waals surface area (Å²) in [5.41, 5.74) is 2.76. The highest BCUT2D eigenvalue weighted by atomic mass is 35.5. The van der Waals surface area contributed by atoms with E-state index in [1.165, 1.54) is 10.9 Å². The van der Waals surface area contributed by atoms with Gasteiger partial charge in [-0.2, -0.15) is 0 Å². The van der Waals surface area contributed by atoms with Gasteiger partial charge in [0.1, 0.15) is 9.85 Å². The summed E-state index contributed by atoms with van der Waals surface area (Å²) in [4.78, 5) is 16.6. The standard InChI is InChI=1S/C21H14ClNOS/c22-17-13-11-16(12-14-17)21-23(18-9-5-2-6-10-18)20(24)19(25-21)15-7-3-1-4-8-15/h1-14H. The maximum atomic E-state index is 13.2. The van der Waals surface area contributed by atoms with Gasteiger partial charge in [0.25, 0.3) is 5.91 Å². The number of benzene rings is 3. The fourth-order valence-corrected chi connectivity index (χ4v) is 4.03. The third kappa shape index (κ3) is 3.04. The zero-order valence-electron chi connectivity index (χ0n) is 13.2. The fraction of sp³-hybridized carbons (Fsp3) is 0. The topological polar surface area (TPSA) is 20.3 Å². The highest BCUT2D eigenvalue weighted by Crippen LogP contribution is 2.26. The molecule has 0 atom stereocenters. The highest BCUT2D eigenvalue weighted by molar-refractivity contribution is 8.01. The number of carbonyl (C=O) groups is 1. The molecule has 0 unspecified atom stereocenters. The monoisotopic (exact) mass is 363 g/mol. The Morgan fingerprint density at radius 3 is 1.96 bits per heavy atom. The number of hydrogen-bond acceptors (Lipinski definition) is 1. The normalized spacial score (nSPS) is 14.0. The van der Waals surface area contributed by atoms with Gasteiger partial charge in [0, 0.05) is 10.6 Å². The molecule has 3 aromatic rings. The van der Waals surface area contributed by atoms with Crippen LogP contribution in [0.2, 0.25) is 5.02 Å². The van der Waals surface area contributed by atoms with Gasteiger partial charge in [0.2, 0.25) is 0 Å². The summed E-state index contributed by atoms with van der Waals surface area (Å²) in [6, 6.07) is 27.1. The Kier molecular flexibility index (Phi) is 4.26. The molecule has 0 N–H and O–H groups in total. The fourth-order valence-electron chi connectivity index (χ4n) is 2.74. The zero-order valence-corrected chi connectivity index (χ0v) is 14.8. The average molecular weight is 364 g/mol. The maximum Gasteiger partial charge on any atom is 0.274 e. The molecule has 0 saturated heterocycles. The summed E-state index contributed by atoms with van der Waals surface area (Å²) in [7, 11) is 1.50. The molecule has 1 amide bonds. The number of para-hydroxylation sites is 1. The van der Waals surface area contributed by atoms with Crippen molar-refractivity contribution >= 4 is 44.0 Å². The molecule has 3 aromatic carbocycles. The first-order chi connectivity index (χ1) is 12.2. The Hall–Kier alpha value is -2.62. The van der Waals surface area contributed by atoms with Gasteiger partial charge < -0.3 is 0 Å². The third-order valence-corrected chi connectivity index (χ3v) is 5.42. The van der Waals surface area contributed by atoms with Gasteiger partial charge in [-0.15, -0.1) is 10.9 Å². The van der Waals surface area contributed by atoms with E-state index in [1.54, 1.807) is 4.90 Å². The van der Waals surface area contributed by atoms with E-state index in [-0.39, 0.29) is 5.91 Å². The Bertz CT molecular complexity index is 991. The predicted molar refractivity (Wildman–Crippen MR) is 108 cm³/mol. The molecule has 122 valence electrons. The molecule has 1 aliphatic heterocycles. The molecule has 0 aromatic heterocycles. The molecule has 1 aliphatic rings. The van der Waals surface area contributed by atoms with E-state index in [0.717, 1.165) is 26.7 Å².